The lowest BCUT2D eigenvalue weighted by Gasteiger charge is -2.12. The minimum atomic E-state index is -4.18. The number of rotatable bonds is 5. The highest BCUT2D eigenvalue weighted by atomic mass is 79.9. The third-order valence-electron chi connectivity index (χ3n) is 1.92. The van der Waals surface area contributed by atoms with Crippen LogP contribution in [0.3, 0.4) is 0 Å². The van der Waals surface area contributed by atoms with E-state index in [1.54, 1.807) is 12.1 Å². The van der Waals surface area contributed by atoms with Crippen LogP contribution < -0.4 is 10.1 Å². The smallest absolute Gasteiger partial charge is 0.441 e. The lowest BCUT2D eigenvalue weighted by atomic mass is 10.3. The molecule has 1 N–H and O–H groups in total. The number of alkyl halides is 3. The SMILES string of the molecule is COc1cc(NCCSC(F)(F)F)c(Br)cc1Br. The highest BCUT2D eigenvalue weighted by Gasteiger charge is 2.27. The minimum Gasteiger partial charge on any atom is -0.495 e. The van der Waals surface area contributed by atoms with Gasteiger partial charge in [0.15, 0.2) is 0 Å². The Kier molecular flexibility index (Phi) is 6.13. The molecule has 0 aliphatic rings. The summed E-state index contributed by atoms with van der Waals surface area (Å²) in [6.07, 6.45) is 0. The van der Waals surface area contributed by atoms with Crippen molar-refractivity contribution in [2.45, 2.75) is 5.51 Å². The van der Waals surface area contributed by atoms with Crippen LogP contribution in [0.25, 0.3) is 0 Å². The van der Waals surface area contributed by atoms with E-state index in [0.717, 1.165) is 8.95 Å². The maximum atomic E-state index is 11.9. The molecule has 0 spiro atoms. The van der Waals surface area contributed by atoms with Gasteiger partial charge in [-0.2, -0.15) is 13.2 Å². The van der Waals surface area contributed by atoms with Gasteiger partial charge in [0, 0.05) is 22.8 Å². The predicted molar refractivity (Wildman–Crippen MR) is 75.4 cm³/mol. The molecule has 0 unspecified atom stereocenters. The van der Waals surface area contributed by atoms with E-state index in [1.807, 2.05) is 0 Å². The molecule has 1 rings (SSSR count). The van der Waals surface area contributed by atoms with Crippen LogP contribution in [-0.2, 0) is 0 Å². The summed E-state index contributed by atoms with van der Waals surface area (Å²) in [6.45, 7) is 0.216. The quantitative estimate of drug-likeness (QED) is 0.701. The number of methoxy groups -OCH3 is 1. The van der Waals surface area contributed by atoms with Gasteiger partial charge in [-0.05, 0) is 49.7 Å². The van der Waals surface area contributed by atoms with E-state index in [4.69, 9.17) is 4.74 Å². The van der Waals surface area contributed by atoms with Crippen molar-refractivity contribution in [2.24, 2.45) is 0 Å². The van der Waals surface area contributed by atoms with Gasteiger partial charge in [-0.3, -0.25) is 0 Å². The first-order valence-corrected chi connectivity index (χ1v) is 7.38. The normalized spacial score (nSPS) is 11.4. The van der Waals surface area contributed by atoms with Gasteiger partial charge in [-0.25, -0.2) is 0 Å². The molecule has 1 aromatic carbocycles. The van der Waals surface area contributed by atoms with E-state index in [1.165, 1.54) is 7.11 Å². The van der Waals surface area contributed by atoms with E-state index in [2.05, 4.69) is 37.2 Å². The summed E-state index contributed by atoms with van der Waals surface area (Å²) in [6, 6.07) is 3.49. The molecule has 0 radical (unpaired) electrons. The summed E-state index contributed by atoms with van der Waals surface area (Å²) in [5.74, 6) is 0.568. The van der Waals surface area contributed by atoms with Crippen molar-refractivity contribution in [3.63, 3.8) is 0 Å². The Hall–Kier alpha value is -0.0800. The van der Waals surface area contributed by atoms with Crippen molar-refractivity contribution in [3.8, 4) is 5.75 Å². The lowest BCUT2D eigenvalue weighted by Crippen LogP contribution is -2.09. The third-order valence-corrected chi connectivity index (χ3v) is 3.94. The van der Waals surface area contributed by atoms with Crippen LogP contribution >= 0.6 is 43.6 Å². The number of thioether (sulfide) groups is 1. The molecule has 0 heterocycles. The van der Waals surface area contributed by atoms with Gasteiger partial charge < -0.3 is 10.1 Å². The highest BCUT2D eigenvalue weighted by molar-refractivity contribution is 9.11. The topological polar surface area (TPSA) is 21.3 Å². The Morgan fingerprint density at radius 2 is 1.94 bits per heavy atom. The Balaban J connectivity index is 2.57. The summed E-state index contributed by atoms with van der Waals surface area (Å²) in [5, 5.41) is 2.92. The fourth-order valence-electron chi connectivity index (χ4n) is 1.17. The van der Waals surface area contributed by atoms with Gasteiger partial charge >= 0.3 is 5.51 Å². The van der Waals surface area contributed by atoms with Crippen molar-refractivity contribution < 1.29 is 17.9 Å². The van der Waals surface area contributed by atoms with Crippen LogP contribution in [-0.4, -0.2) is 24.9 Å². The molecular formula is C10H10Br2F3NOS. The molecule has 0 aromatic heterocycles. The maximum absolute atomic E-state index is 11.9. The average molecular weight is 409 g/mol. The standard InChI is InChI=1S/C10H10Br2F3NOS/c1-17-9-5-8(6(11)4-7(9)12)16-2-3-18-10(13,14)15/h4-5,16H,2-3H2,1H3. The van der Waals surface area contributed by atoms with Crippen LogP contribution in [0.4, 0.5) is 18.9 Å². The molecule has 102 valence electrons. The molecule has 0 bridgehead atoms. The molecule has 0 amide bonds. The van der Waals surface area contributed by atoms with Crippen molar-refractivity contribution in [2.75, 3.05) is 24.7 Å². The Bertz CT molecular complexity index is 415. The van der Waals surface area contributed by atoms with Gasteiger partial charge in [0.25, 0.3) is 0 Å². The molecule has 2 nitrogen and oxygen atoms in total. The summed E-state index contributed by atoms with van der Waals surface area (Å²) in [7, 11) is 1.53. The second-order valence-electron chi connectivity index (χ2n) is 3.19. The second-order valence-corrected chi connectivity index (χ2v) is 6.06. The molecular weight excluding hydrogens is 399 g/mol. The lowest BCUT2D eigenvalue weighted by molar-refractivity contribution is -0.0327. The van der Waals surface area contributed by atoms with E-state index >= 15 is 0 Å². The summed E-state index contributed by atoms with van der Waals surface area (Å²) < 4.78 is 42.4. The Morgan fingerprint density at radius 1 is 1.28 bits per heavy atom. The maximum Gasteiger partial charge on any atom is 0.441 e. The predicted octanol–water partition coefficient (Wildman–Crippen LogP) is 4.89. The Morgan fingerprint density at radius 3 is 2.50 bits per heavy atom. The van der Waals surface area contributed by atoms with Crippen molar-refractivity contribution in [1.29, 1.82) is 0 Å². The number of ether oxygens (including phenoxy) is 1. The first kappa shape index (κ1) is 16.0. The van der Waals surface area contributed by atoms with Gasteiger partial charge in [0.2, 0.25) is 0 Å². The number of hydrogen-bond donors (Lipinski definition) is 1. The minimum absolute atomic E-state index is 0.0465. The zero-order valence-corrected chi connectivity index (χ0v) is 13.3. The van der Waals surface area contributed by atoms with E-state index < -0.39 is 5.51 Å². The van der Waals surface area contributed by atoms with Gasteiger partial charge in [0.05, 0.1) is 17.3 Å². The molecule has 1 aromatic rings. The van der Waals surface area contributed by atoms with Crippen LogP contribution in [0.15, 0.2) is 21.1 Å². The number of hydrogen-bond acceptors (Lipinski definition) is 3. The molecule has 0 saturated heterocycles. The molecule has 18 heavy (non-hydrogen) atoms. The first-order valence-electron chi connectivity index (χ1n) is 4.81. The monoisotopic (exact) mass is 407 g/mol. The Labute approximate surface area is 124 Å². The zero-order chi connectivity index (χ0) is 13.8. The zero-order valence-electron chi connectivity index (χ0n) is 9.28. The molecule has 0 atom stereocenters. The summed E-state index contributed by atoms with van der Waals surface area (Å²) >= 11 is 6.59. The number of nitrogens with one attached hydrogen (secondary N) is 1. The van der Waals surface area contributed by atoms with Gasteiger partial charge in [0.1, 0.15) is 5.75 Å². The fourth-order valence-corrected chi connectivity index (χ4v) is 2.91. The van der Waals surface area contributed by atoms with Crippen LogP contribution in [0.5, 0.6) is 5.75 Å². The summed E-state index contributed by atoms with van der Waals surface area (Å²) in [5.41, 5.74) is -3.49. The average Bonchev–Trinajstić information content (AvgIpc) is 2.25. The van der Waals surface area contributed by atoms with Crippen molar-refractivity contribution >= 4 is 49.3 Å². The molecule has 0 fully saturated rings. The highest BCUT2D eigenvalue weighted by Crippen LogP contribution is 2.35. The first-order chi connectivity index (χ1) is 8.33. The molecule has 0 aliphatic heterocycles. The summed E-state index contributed by atoms with van der Waals surface area (Å²) in [4.78, 5) is 0. The van der Waals surface area contributed by atoms with Crippen molar-refractivity contribution in [1.82, 2.24) is 0 Å². The van der Waals surface area contributed by atoms with Gasteiger partial charge in [-0.15, -0.1) is 0 Å². The number of benzene rings is 1. The second kappa shape index (κ2) is 6.91. The fraction of sp³-hybridized carbons (Fsp3) is 0.400. The number of anilines is 1. The molecule has 0 aliphatic carbocycles. The van der Waals surface area contributed by atoms with E-state index in [-0.39, 0.29) is 24.1 Å². The third kappa shape index (κ3) is 5.27. The number of halogens is 5. The largest absolute Gasteiger partial charge is 0.495 e. The van der Waals surface area contributed by atoms with E-state index in [0.29, 0.717) is 11.4 Å². The van der Waals surface area contributed by atoms with Gasteiger partial charge in [-0.1, -0.05) is 0 Å². The van der Waals surface area contributed by atoms with Crippen molar-refractivity contribution in [3.05, 3.63) is 21.1 Å². The van der Waals surface area contributed by atoms with Crippen LogP contribution in [0.1, 0.15) is 0 Å². The molecule has 8 heteroatoms. The van der Waals surface area contributed by atoms with Crippen LogP contribution in [0.2, 0.25) is 0 Å². The van der Waals surface area contributed by atoms with Crippen LogP contribution in [0, 0.1) is 0 Å². The van der Waals surface area contributed by atoms with E-state index in [9.17, 15) is 13.2 Å². The molecule has 0 saturated carbocycles.